The topological polar surface area (TPSA) is 135 Å². The zero-order chi connectivity index (χ0) is 39.3. The first kappa shape index (κ1) is 38.1. The molecule has 7 rings (SSSR count). The second-order valence-corrected chi connectivity index (χ2v) is 14.5. The second kappa shape index (κ2) is 16.6. The second-order valence-electron chi connectivity index (χ2n) is 14.5. The van der Waals surface area contributed by atoms with Gasteiger partial charge in [-0.3, -0.25) is 24.0 Å². The van der Waals surface area contributed by atoms with Crippen LogP contribution in [0.15, 0.2) is 91.1 Å². The predicted octanol–water partition coefficient (Wildman–Crippen LogP) is 4.17. The van der Waals surface area contributed by atoms with Crippen LogP contribution in [0.2, 0.25) is 0 Å². The fraction of sp³-hybridized carbons (Fsp3) is 0.326. The Hall–Kier alpha value is -6.24. The van der Waals surface area contributed by atoms with E-state index >= 15 is 0 Å². The third-order valence-corrected chi connectivity index (χ3v) is 10.8. The summed E-state index contributed by atoms with van der Waals surface area (Å²) >= 11 is 0. The molecule has 5 amide bonds. The minimum Gasteiger partial charge on any atom is -0.491 e. The van der Waals surface area contributed by atoms with Gasteiger partial charge in [0.25, 0.3) is 5.91 Å². The molecule has 0 saturated carbocycles. The van der Waals surface area contributed by atoms with Crippen LogP contribution < -0.4 is 10.1 Å². The van der Waals surface area contributed by atoms with E-state index in [4.69, 9.17) is 4.74 Å². The van der Waals surface area contributed by atoms with Gasteiger partial charge in [0.1, 0.15) is 24.2 Å². The van der Waals surface area contributed by atoms with E-state index in [1.807, 2.05) is 72.9 Å². The molecule has 5 aromatic rings. The zero-order valence-electron chi connectivity index (χ0n) is 31.5. The van der Waals surface area contributed by atoms with Crippen molar-refractivity contribution in [2.75, 3.05) is 53.4 Å². The molecule has 4 aromatic carbocycles. The van der Waals surface area contributed by atoms with E-state index in [9.17, 15) is 28.4 Å². The highest BCUT2D eigenvalue weighted by Crippen LogP contribution is 2.26. The van der Waals surface area contributed by atoms with Gasteiger partial charge in [-0.2, -0.15) is 0 Å². The number of halogens is 1. The number of para-hydroxylation sites is 1. The number of hydrogen-bond donors (Lipinski definition) is 2. The number of carbonyl (C=O) groups is 5. The molecule has 290 valence electrons. The van der Waals surface area contributed by atoms with Crippen molar-refractivity contribution in [2.45, 2.75) is 37.8 Å². The van der Waals surface area contributed by atoms with E-state index in [1.54, 1.807) is 9.80 Å². The van der Waals surface area contributed by atoms with Crippen LogP contribution in [0.5, 0.6) is 5.75 Å². The van der Waals surface area contributed by atoms with Crippen molar-refractivity contribution in [3.63, 3.8) is 0 Å². The summed E-state index contributed by atoms with van der Waals surface area (Å²) in [4.78, 5) is 77.8. The number of nitrogens with one attached hydrogen (secondary N) is 2. The molecule has 3 heterocycles. The molecule has 0 unspecified atom stereocenters. The largest absolute Gasteiger partial charge is 0.491 e. The number of aromatic nitrogens is 1. The van der Waals surface area contributed by atoms with Crippen molar-refractivity contribution >= 4 is 51.2 Å². The van der Waals surface area contributed by atoms with E-state index in [-0.39, 0.29) is 87.6 Å². The van der Waals surface area contributed by atoms with Gasteiger partial charge in [-0.1, -0.05) is 60.7 Å². The molecule has 56 heavy (non-hydrogen) atoms. The molecule has 0 aliphatic carbocycles. The molecule has 1 saturated heterocycles. The fourth-order valence-electron chi connectivity index (χ4n) is 7.61. The van der Waals surface area contributed by atoms with Crippen molar-refractivity contribution < 1.29 is 33.1 Å². The number of nitrogens with zero attached hydrogens (tertiary/aromatic N) is 4. The maximum Gasteiger partial charge on any atom is 0.258 e. The average Bonchev–Trinajstić information content (AvgIpc) is 3.62. The monoisotopic (exact) mass is 760 g/mol. The molecule has 2 N–H and O–H groups in total. The SMILES string of the molecule is CN1CC(=O)N2CCN(C(=O)Cc3ccc4ccccc4c3)C[C@@H]2COc2ccc(F)cc2C(=O)N(C)[C@@H](C(=O)NCCc2c[nH]c3ccccc23)CCC1=O. The van der Waals surface area contributed by atoms with Crippen molar-refractivity contribution in [1.29, 1.82) is 0 Å². The average molecular weight is 761 g/mol. The van der Waals surface area contributed by atoms with Crippen LogP contribution in [-0.2, 0) is 32.0 Å². The molecule has 2 aliphatic heterocycles. The first-order valence-corrected chi connectivity index (χ1v) is 18.9. The first-order valence-electron chi connectivity index (χ1n) is 18.9. The van der Waals surface area contributed by atoms with Gasteiger partial charge in [-0.25, -0.2) is 4.39 Å². The number of aromatic amines is 1. The number of piperazine rings is 1. The molecule has 0 bridgehead atoms. The van der Waals surface area contributed by atoms with Gasteiger partial charge in [-0.05, 0) is 59.0 Å². The highest BCUT2D eigenvalue weighted by molar-refractivity contribution is 6.00. The summed E-state index contributed by atoms with van der Waals surface area (Å²) in [5.41, 5.74) is 2.75. The number of fused-ring (bicyclic) bond motifs is 4. The Balaban J connectivity index is 1.10. The maximum atomic E-state index is 14.8. The summed E-state index contributed by atoms with van der Waals surface area (Å²) in [6.45, 7) is 0.580. The smallest absolute Gasteiger partial charge is 0.258 e. The molecule has 0 radical (unpaired) electrons. The minimum atomic E-state index is -1.09. The number of hydrogen-bond acceptors (Lipinski definition) is 6. The highest BCUT2D eigenvalue weighted by Gasteiger charge is 2.36. The van der Waals surface area contributed by atoms with E-state index in [0.29, 0.717) is 6.42 Å². The van der Waals surface area contributed by atoms with Crippen LogP contribution in [0, 0.1) is 5.82 Å². The Labute approximate surface area is 324 Å². The Morgan fingerprint density at radius 1 is 0.911 bits per heavy atom. The molecule has 13 heteroatoms. The van der Waals surface area contributed by atoms with Gasteiger partial charge in [0.15, 0.2) is 0 Å². The van der Waals surface area contributed by atoms with E-state index < -0.39 is 29.7 Å². The molecular weight excluding hydrogens is 716 g/mol. The fourth-order valence-corrected chi connectivity index (χ4v) is 7.61. The zero-order valence-corrected chi connectivity index (χ0v) is 31.5. The number of carbonyl (C=O) groups excluding carboxylic acids is 5. The van der Waals surface area contributed by atoms with E-state index in [2.05, 4.69) is 10.3 Å². The number of rotatable bonds is 6. The lowest BCUT2D eigenvalue weighted by molar-refractivity contribution is -0.146. The van der Waals surface area contributed by atoms with Gasteiger partial charge in [0.2, 0.25) is 23.6 Å². The summed E-state index contributed by atoms with van der Waals surface area (Å²) in [5.74, 6) is -2.57. The molecule has 2 atom stereocenters. The quantitative estimate of drug-likeness (QED) is 0.267. The minimum absolute atomic E-state index is 0.0371. The van der Waals surface area contributed by atoms with Crippen LogP contribution in [0.25, 0.3) is 21.7 Å². The maximum absolute atomic E-state index is 14.8. The van der Waals surface area contributed by atoms with Gasteiger partial charge >= 0.3 is 0 Å². The standard InChI is InChI=1S/C43H45FN6O6/c1-47-26-41(53)50-20-19-49(40(52)22-28-11-12-29-7-3-4-8-30(29)21-28)25-33(50)27-56-38-15-13-32(44)23-35(38)43(55)48(2)37(14-16-39(47)51)42(54)45-18-17-31-24-46-36-10-6-5-9-34(31)36/h3-13,15,21,23-24,33,37,46H,14,16-20,22,25-27H2,1-2H3,(H,45,54)/t33-,37-/m1/s1. The number of benzene rings is 4. The molecular formula is C43H45FN6O6. The molecule has 12 nitrogen and oxygen atoms in total. The predicted molar refractivity (Wildman–Crippen MR) is 209 cm³/mol. The molecule has 0 spiro atoms. The highest BCUT2D eigenvalue weighted by atomic mass is 19.1. The van der Waals surface area contributed by atoms with Crippen molar-refractivity contribution in [3.8, 4) is 5.75 Å². The van der Waals surface area contributed by atoms with Crippen LogP contribution >= 0.6 is 0 Å². The van der Waals surface area contributed by atoms with Gasteiger partial charge < -0.3 is 34.6 Å². The molecule has 1 aromatic heterocycles. The van der Waals surface area contributed by atoms with Gasteiger partial charge in [-0.15, -0.1) is 0 Å². The molecule has 2 aliphatic rings. The van der Waals surface area contributed by atoms with Crippen LogP contribution in [0.4, 0.5) is 4.39 Å². The van der Waals surface area contributed by atoms with Crippen molar-refractivity contribution in [2.24, 2.45) is 0 Å². The normalized spacial score (nSPS) is 18.6. The Morgan fingerprint density at radius 2 is 1.70 bits per heavy atom. The van der Waals surface area contributed by atoms with Crippen molar-refractivity contribution in [3.05, 3.63) is 114 Å². The van der Waals surface area contributed by atoms with Crippen LogP contribution in [-0.4, -0.2) is 120 Å². The lowest BCUT2D eigenvalue weighted by Crippen LogP contribution is -2.60. The van der Waals surface area contributed by atoms with Crippen molar-refractivity contribution in [1.82, 2.24) is 29.9 Å². The van der Waals surface area contributed by atoms with E-state index in [1.165, 1.54) is 36.0 Å². The first-order chi connectivity index (χ1) is 27.0. The Kier molecular flexibility index (Phi) is 11.3. The summed E-state index contributed by atoms with van der Waals surface area (Å²) in [5, 5.41) is 6.07. The summed E-state index contributed by atoms with van der Waals surface area (Å²) in [6.07, 6.45) is 2.42. The Bertz CT molecular complexity index is 2290. The number of ether oxygens (including phenoxy) is 1. The number of likely N-dealkylation sites (N-methyl/N-ethyl adjacent to an activating group) is 2. The third kappa shape index (κ3) is 8.36. The lowest BCUT2D eigenvalue weighted by Gasteiger charge is -2.42. The van der Waals surface area contributed by atoms with Crippen LogP contribution in [0.3, 0.4) is 0 Å². The summed E-state index contributed by atoms with van der Waals surface area (Å²) in [6, 6.07) is 23.5. The van der Waals surface area contributed by atoms with Gasteiger partial charge in [0.05, 0.1) is 24.6 Å². The van der Waals surface area contributed by atoms with E-state index in [0.717, 1.165) is 38.9 Å². The van der Waals surface area contributed by atoms with Crippen LogP contribution in [0.1, 0.15) is 34.3 Å². The number of amides is 5. The Morgan fingerprint density at radius 3 is 2.54 bits per heavy atom. The summed E-state index contributed by atoms with van der Waals surface area (Å²) in [7, 11) is 2.97. The lowest BCUT2D eigenvalue weighted by atomic mass is 10.0. The number of H-pyrrole nitrogens is 1. The third-order valence-electron chi connectivity index (χ3n) is 10.8. The summed E-state index contributed by atoms with van der Waals surface area (Å²) < 4.78 is 21.0. The molecule has 1 fully saturated rings. The van der Waals surface area contributed by atoms with Gasteiger partial charge in [0, 0.05) is 63.8 Å².